The van der Waals surface area contributed by atoms with Gasteiger partial charge in [-0.2, -0.15) is 0 Å². The van der Waals surface area contributed by atoms with Crippen LogP contribution in [-0.2, 0) is 6.54 Å². The number of aliphatic hydroxyl groups is 1. The third-order valence-corrected chi connectivity index (χ3v) is 4.03. The molecule has 1 aliphatic rings. The van der Waals surface area contributed by atoms with Crippen LogP contribution in [0.3, 0.4) is 0 Å². The highest BCUT2D eigenvalue weighted by atomic mass is 79.9. The third-order valence-electron chi connectivity index (χ3n) is 3.53. The van der Waals surface area contributed by atoms with E-state index in [1.165, 1.54) is 0 Å². The van der Waals surface area contributed by atoms with Gasteiger partial charge in [-0.15, -0.1) is 0 Å². The van der Waals surface area contributed by atoms with E-state index in [1.807, 2.05) is 12.1 Å². The van der Waals surface area contributed by atoms with Crippen molar-refractivity contribution in [1.29, 1.82) is 0 Å². The highest BCUT2D eigenvalue weighted by molar-refractivity contribution is 9.10. The zero-order chi connectivity index (χ0) is 13.7. The molecule has 1 aliphatic carbocycles. The zero-order valence-corrected chi connectivity index (χ0v) is 12.9. The van der Waals surface area contributed by atoms with Crippen molar-refractivity contribution in [3.63, 3.8) is 0 Å². The number of hydrogen-bond acceptors (Lipinski definition) is 3. The van der Waals surface area contributed by atoms with E-state index in [9.17, 15) is 5.11 Å². The molecule has 2 atom stereocenters. The molecule has 0 saturated heterocycles. The smallest absolute Gasteiger partial charge is 0.124 e. The summed E-state index contributed by atoms with van der Waals surface area (Å²) in [7, 11) is 0. The van der Waals surface area contributed by atoms with E-state index in [0.717, 1.165) is 54.6 Å². The standard InChI is InChI=1S/C15H22BrNO2/c1-2-17-10-11-9-12(16)7-8-14(11)19-15-6-4-3-5-13(15)18/h7-9,13,15,17-18H,2-6,10H2,1H3. The SMILES string of the molecule is CCNCc1cc(Br)ccc1OC1CCCCC1O. The first-order valence-corrected chi connectivity index (χ1v) is 7.84. The van der Waals surface area contributed by atoms with Crippen LogP contribution in [0.5, 0.6) is 5.75 Å². The lowest BCUT2D eigenvalue weighted by Gasteiger charge is -2.29. The van der Waals surface area contributed by atoms with Crippen LogP contribution in [0, 0.1) is 0 Å². The van der Waals surface area contributed by atoms with Crippen LogP contribution in [0.15, 0.2) is 22.7 Å². The minimum atomic E-state index is -0.329. The summed E-state index contributed by atoms with van der Waals surface area (Å²) in [5, 5.41) is 13.3. The molecule has 1 fully saturated rings. The second-order valence-electron chi connectivity index (χ2n) is 5.04. The van der Waals surface area contributed by atoms with Crippen molar-refractivity contribution < 1.29 is 9.84 Å². The van der Waals surface area contributed by atoms with Crippen molar-refractivity contribution in [3.8, 4) is 5.75 Å². The number of benzene rings is 1. The highest BCUT2D eigenvalue weighted by Crippen LogP contribution is 2.28. The average molecular weight is 328 g/mol. The molecule has 1 saturated carbocycles. The molecule has 2 N–H and O–H groups in total. The first-order chi connectivity index (χ1) is 9.20. The monoisotopic (exact) mass is 327 g/mol. The van der Waals surface area contributed by atoms with Gasteiger partial charge in [-0.25, -0.2) is 0 Å². The Balaban J connectivity index is 2.09. The Kier molecular flexibility index (Phi) is 5.67. The molecule has 1 aromatic rings. The van der Waals surface area contributed by atoms with Gasteiger partial charge < -0.3 is 15.2 Å². The Bertz CT molecular complexity index is 411. The van der Waals surface area contributed by atoms with Crippen LogP contribution in [-0.4, -0.2) is 23.9 Å². The minimum Gasteiger partial charge on any atom is -0.487 e. The Labute approximate surface area is 123 Å². The number of halogens is 1. The Hall–Kier alpha value is -0.580. The maximum atomic E-state index is 10.0. The summed E-state index contributed by atoms with van der Waals surface area (Å²) in [5.74, 6) is 0.884. The number of rotatable bonds is 5. The molecule has 2 unspecified atom stereocenters. The Morgan fingerprint density at radius 2 is 2.16 bits per heavy atom. The lowest BCUT2D eigenvalue weighted by atomic mass is 9.95. The maximum Gasteiger partial charge on any atom is 0.124 e. The molecule has 0 amide bonds. The summed E-state index contributed by atoms with van der Waals surface area (Å²) in [4.78, 5) is 0. The van der Waals surface area contributed by atoms with Crippen molar-refractivity contribution in [2.24, 2.45) is 0 Å². The van der Waals surface area contributed by atoms with Crippen molar-refractivity contribution in [1.82, 2.24) is 5.32 Å². The number of hydrogen-bond donors (Lipinski definition) is 2. The summed E-state index contributed by atoms with van der Waals surface area (Å²) in [6, 6.07) is 6.05. The second-order valence-corrected chi connectivity index (χ2v) is 5.96. The van der Waals surface area contributed by atoms with Crippen molar-refractivity contribution in [3.05, 3.63) is 28.2 Å². The molecule has 106 valence electrons. The van der Waals surface area contributed by atoms with Gasteiger partial charge in [-0.3, -0.25) is 0 Å². The summed E-state index contributed by atoms with van der Waals surface area (Å²) in [5.41, 5.74) is 1.13. The fourth-order valence-corrected chi connectivity index (χ4v) is 2.85. The average Bonchev–Trinajstić information content (AvgIpc) is 2.41. The largest absolute Gasteiger partial charge is 0.487 e. The first-order valence-electron chi connectivity index (χ1n) is 7.04. The first kappa shape index (κ1) is 14.8. The second kappa shape index (κ2) is 7.27. The van der Waals surface area contributed by atoms with Gasteiger partial charge in [0, 0.05) is 16.6 Å². The van der Waals surface area contributed by atoms with Crippen LogP contribution >= 0.6 is 15.9 Å². The number of aliphatic hydroxyl groups excluding tert-OH is 1. The zero-order valence-electron chi connectivity index (χ0n) is 11.4. The van der Waals surface area contributed by atoms with Crippen LogP contribution in [0.1, 0.15) is 38.2 Å². The lowest BCUT2D eigenvalue weighted by molar-refractivity contribution is 0.00635. The molecule has 0 radical (unpaired) electrons. The summed E-state index contributed by atoms with van der Waals surface area (Å²) in [6.07, 6.45) is 3.65. The molecule has 3 nitrogen and oxygen atoms in total. The van der Waals surface area contributed by atoms with Gasteiger partial charge in [0.2, 0.25) is 0 Å². The topological polar surface area (TPSA) is 41.5 Å². The van der Waals surface area contributed by atoms with Gasteiger partial charge in [0.25, 0.3) is 0 Å². The maximum absolute atomic E-state index is 10.0. The predicted molar refractivity (Wildman–Crippen MR) is 80.4 cm³/mol. The van der Waals surface area contributed by atoms with Gasteiger partial charge in [0.1, 0.15) is 11.9 Å². The fourth-order valence-electron chi connectivity index (χ4n) is 2.44. The summed E-state index contributed by atoms with van der Waals surface area (Å²) < 4.78 is 7.09. The van der Waals surface area contributed by atoms with Crippen LogP contribution in [0.4, 0.5) is 0 Å². The number of nitrogens with one attached hydrogen (secondary N) is 1. The molecule has 2 rings (SSSR count). The van der Waals surface area contributed by atoms with Crippen LogP contribution in [0.25, 0.3) is 0 Å². The van der Waals surface area contributed by atoms with Gasteiger partial charge in [0.15, 0.2) is 0 Å². The third kappa shape index (κ3) is 4.20. The Morgan fingerprint density at radius 1 is 1.37 bits per heavy atom. The predicted octanol–water partition coefficient (Wildman–Crippen LogP) is 3.24. The fraction of sp³-hybridized carbons (Fsp3) is 0.600. The quantitative estimate of drug-likeness (QED) is 0.872. The summed E-state index contributed by atoms with van der Waals surface area (Å²) >= 11 is 3.49. The molecule has 4 heteroatoms. The lowest BCUT2D eigenvalue weighted by Crippen LogP contribution is -2.35. The molecule has 0 bridgehead atoms. The highest BCUT2D eigenvalue weighted by Gasteiger charge is 2.25. The van der Waals surface area contributed by atoms with Crippen LogP contribution in [0.2, 0.25) is 0 Å². The number of ether oxygens (including phenoxy) is 1. The van der Waals surface area contributed by atoms with E-state index in [0.29, 0.717) is 0 Å². The van der Waals surface area contributed by atoms with E-state index in [1.54, 1.807) is 0 Å². The molecule has 19 heavy (non-hydrogen) atoms. The van der Waals surface area contributed by atoms with Gasteiger partial charge in [-0.1, -0.05) is 29.3 Å². The minimum absolute atomic E-state index is 0.0599. The van der Waals surface area contributed by atoms with Crippen LogP contribution < -0.4 is 10.1 Å². The molecule has 0 aliphatic heterocycles. The molecule has 0 aromatic heterocycles. The molecule has 1 aromatic carbocycles. The Morgan fingerprint density at radius 3 is 2.89 bits per heavy atom. The molecular weight excluding hydrogens is 306 g/mol. The van der Waals surface area contributed by atoms with Gasteiger partial charge in [0.05, 0.1) is 6.10 Å². The van der Waals surface area contributed by atoms with Crippen molar-refractivity contribution in [2.45, 2.75) is 51.4 Å². The summed E-state index contributed by atoms with van der Waals surface area (Å²) in [6.45, 7) is 3.80. The van der Waals surface area contributed by atoms with E-state index in [2.05, 4.69) is 34.2 Å². The van der Waals surface area contributed by atoms with E-state index < -0.39 is 0 Å². The normalized spacial score (nSPS) is 23.3. The van der Waals surface area contributed by atoms with Crippen molar-refractivity contribution in [2.75, 3.05) is 6.54 Å². The van der Waals surface area contributed by atoms with Gasteiger partial charge in [-0.05, 0) is 44.0 Å². The van der Waals surface area contributed by atoms with E-state index in [-0.39, 0.29) is 12.2 Å². The van der Waals surface area contributed by atoms with Crippen molar-refractivity contribution >= 4 is 15.9 Å². The molecular formula is C15H22BrNO2. The molecule has 0 heterocycles. The van der Waals surface area contributed by atoms with Gasteiger partial charge >= 0.3 is 0 Å². The van der Waals surface area contributed by atoms with E-state index in [4.69, 9.17) is 4.74 Å². The molecule has 0 spiro atoms. The van der Waals surface area contributed by atoms with E-state index >= 15 is 0 Å².